The summed E-state index contributed by atoms with van der Waals surface area (Å²) in [6.45, 7) is 4.34. The van der Waals surface area contributed by atoms with E-state index in [1.54, 1.807) is 6.20 Å². The lowest BCUT2D eigenvalue weighted by atomic mass is 9.99. The fraction of sp³-hybridized carbons (Fsp3) is 0.545. The van der Waals surface area contributed by atoms with Crippen LogP contribution < -0.4 is 10.6 Å². The fourth-order valence-corrected chi connectivity index (χ4v) is 2.30. The third kappa shape index (κ3) is 1.79. The molecule has 90 valence electrons. The Labute approximate surface area is 99.2 Å². The molecule has 3 heterocycles. The van der Waals surface area contributed by atoms with Crippen molar-refractivity contribution in [1.29, 1.82) is 0 Å². The summed E-state index contributed by atoms with van der Waals surface area (Å²) in [5.41, 5.74) is 6.44. The van der Waals surface area contributed by atoms with Crippen LogP contribution in [-0.2, 0) is 0 Å². The Bertz CT molecular complexity index is 526. The Kier molecular flexibility index (Phi) is 2.35. The minimum Gasteiger partial charge on any atom is -0.368 e. The van der Waals surface area contributed by atoms with Gasteiger partial charge in [0.15, 0.2) is 5.65 Å². The van der Waals surface area contributed by atoms with Crippen LogP contribution in [0.25, 0.3) is 11.0 Å². The van der Waals surface area contributed by atoms with Crippen molar-refractivity contribution in [3.63, 3.8) is 0 Å². The largest absolute Gasteiger partial charge is 0.368 e. The van der Waals surface area contributed by atoms with Crippen LogP contribution in [0.3, 0.4) is 0 Å². The van der Waals surface area contributed by atoms with E-state index in [4.69, 9.17) is 5.73 Å². The summed E-state index contributed by atoms with van der Waals surface area (Å²) < 4.78 is 0. The Hall–Kier alpha value is -1.85. The number of H-pyrrole nitrogens is 1. The lowest BCUT2D eigenvalue weighted by molar-refractivity contribution is 0.437. The molecule has 0 amide bonds. The van der Waals surface area contributed by atoms with Gasteiger partial charge >= 0.3 is 0 Å². The first-order chi connectivity index (χ1) is 8.24. The molecule has 1 saturated heterocycles. The first-order valence-electron chi connectivity index (χ1n) is 5.95. The van der Waals surface area contributed by atoms with Gasteiger partial charge in [0.25, 0.3) is 0 Å². The second kappa shape index (κ2) is 3.87. The molecule has 0 aliphatic carbocycles. The van der Waals surface area contributed by atoms with Crippen molar-refractivity contribution in [1.82, 2.24) is 20.2 Å². The molecule has 6 nitrogen and oxygen atoms in total. The summed E-state index contributed by atoms with van der Waals surface area (Å²) >= 11 is 0. The van der Waals surface area contributed by atoms with E-state index in [0.717, 1.165) is 30.2 Å². The number of rotatable bonds is 1. The van der Waals surface area contributed by atoms with Gasteiger partial charge in [0.05, 0.1) is 11.6 Å². The lowest BCUT2D eigenvalue weighted by Crippen LogP contribution is -2.33. The number of nitrogen functional groups attached to an aromatic ring is 1. The van der Waals surface area contributed by atoms with E-state index < -0.39 is 0 Å². The Balaban J connectivity index is 2.01. The SMILES string of the molecule is CC1CCN(c2nc(N)nc3[nH]ncc23)CC1. The van der Waals surface area contributed by atoms with Crippen molar-refractivity contribution >= 4 is 22.8 Å². The zero-order chi connectivity index (χ0) is 11.8. The van der Waals surface area contributed by atoms with Gasteiger partial charge in [-0.1, -0.05) is 6.92 Å². The van der Waals surface area contributed by atoms with E-state index in [0.29, 0.717) is 11.6 Å². The molecular formula is C11H16N6. The van der Waals surface area contributed by atoms with E-state index >= 15 is 0 Å². The zero-order valence-corrected chi connectivity index (χ0v) is 9.85. The highest BCUT2D eigenvalue weighted by atomic mass is 15.2. The topological polar surface area (TPSA) is 83.7 Å². The summed E-state index contributed by atoms with van der Waals surface area (Å²) in [5, 5.41) is 7.80. The molecule has 2 aromatic heterocycles. The summed E-state index contributed by atoms with van der Waals surface area (Å²) in [6.07, 6.45) is 4.16. The lowest BCUT2D eigenvalue weighted by Gasteiger charge is -2.31. The normalized spacial score (nSPS) is 17.8. The molecule has 17 heavy (non-hydrogen) atoms. The number of hydrogen-bond donors (Lipinski definition) is 2. The quantitative estimate of drug-likeness (QED) is 0.771. The molecule has 0 radical (unpaired) electrons. The van der Waals surface area contributed by atoms with Gasteiger partial charge in [0, 0.05) is 13.1 Å². The Morgan fingerprint density at radius 3 is 2.88 bits per heavy atom. The molecule has 0 bridgehead atoms. The Morgan fingerprint density at radius 2 is 2.12 bits per heavy atom. The van der Waals surface area contributed by atoms with Crippen LogP contribution in [0.15, 0.2) is 6.20 Å². The van der Waals surface area contributed by atoms with E-state index in [1.807, 2.05) is 0 Å². The van der Waals surface area contributed by atoms with Gasteiger partial charge in [-0.2, -0.15) is 15.1 Å². The van der Waals surface area contributed by atoms with Crippen molar-refractivity contribution in [3.05, 3.63) is 6.20 Å². The van der Waals surface area contributed by atoms with Crippen molar-refractivity contribution in [3.8, 4) is 0 Å². The van der Waals surface area contributed by atoms with Gasteiger partial charge in [0.1, 0.15) is 5.82 Å². The zero-order valence-electron chi connectivity index (χ0n) is 9.85. The molecule has 3 rings (SSSR count). The minimum atomic E-state index is 0.301. The number of anilines is 2. The van der Waals surface area contributed by atoms with Crippen LogP contribution in [0.4, 0.5) is 11.8 Å². The number of nitrogens with two attached hydrogens (primary N) is 1. The maximum Gasteiger partial charge on any atom is 0.224 e. The van der Waals surface area contributed by atoms with Gasteiger partial charge in [-0.15, -0.1) is 0 Å². The van der Waals surface area contributed by atoms with Gasteiger partial charge in [-0.25, -0.2) is 0 Å². The van der Waals surface area contributed by atoms with Crippen LogP contribution in [0, 0.1) is 5.92 Å². The molecule has 6 heteroatoms. The van der Waals surface area contributed by atoms with E-state index in [2.05, 4.69) is 32.0 Å². The smallest absolute Gasteiger partial charge is 0.224 e. The Morgan fingerprint density at radius 1 is 1.35 bits per heavy atom. The summed E-state index contributed by atoms with van der Waals surface area (Å²) in [4.78, 5) is 10.8. The number of aromatic amines is 1. The molecule has 0 unspecified atom stereocenters. The number of fused-ring (bicyclic) bond motifs is 1. The maximum atomic E-state index is 5.72. The van der Waals surface area contributed by atoms with Crippen LogP contribution in [0.5, 0.6) is 0 Å². The van der Waals surface area contributed by atoms with Gasteiger partial charge < -0.3 is 10.6 Å². The van der Waals surface area contributed by atoms with E-state index in [9.17, 15) is 0 Å². The van der Waals surface area contributed by atoms with Crippen molar-refractivity contribution < 1.29 is 0 Å². The molecule has 3 N–H and O–H groups in total. The summed E-state index contributed by atoms with van der Waals surface area (Å²) in [7, 11) is 0. The molecule has 0 saturated carbocycles. The van der Waals surface area contributed by atoms with Gasteiger partial charge in [-0.3, -0.25) is 5.10 Å². The van der Waals surface area contributed by atoms with E-state index in [1.165, 1.54) is 12.8 Å². The second-order valence-corrected chi connectivity index (χ2v) is 4.71. The van der Waals surface area contributed by atoms with Crippen LogP contribution in [0.1, 0.15) is 19.8 Å². The molecule has 0 aromatic carbocycles. The highest BCUT2D eigenvalue weighted by Gasteiger charge is 2.20. The second-order valence-electron chi connectivity index (χ2n) is 4.71. The number of aromatic nitrogens is 4. The molecule has 0 spiro atoms. The van der Waals surface area contributed by atoms with E-state index in [-0.39, 0.29) is 0 Å². The van der Waals surface area contributed by atoms with Crippen LogP contribution >= 0.6 is 0 Å². The average molecular weight is 232 g/mol. The number of hydrogen-bond acceptors (Lipinski definition) is 5. The fourth-order valence-electron chi connectivity index (χ4n) is 2.30. The van der Waals surface area contributed by atoms with Crippen molar-refractivity contribution in [2.75, 3.05) is 23.7 Å². The maximum absolute atomic E-state index is 5.72. The number of nitrogens with zero attached hydrogens (tertiary/aromatic N) is 4. The van der Waals surface area contributed by atoms with Gasteiger partial charge in [-0.05, 0) is 18.8 Å². The molecule has 1 aliphatic heterocycles. The third-order valence-electron chi connectivity index (χ3n) is 3.39. The highest BCUT2D eigenvalue weighted by Crippen LogP contribution is 2.27. The highest BCUT2D eigenvalue weighted by molar-refractivity contribution is 5.87. The van der Waals surface area contributed by atoms with Crippen LogP contribution in [0.2, 0.25) is 0 Å². The van der Waals surface area contributed by atoms with Crippen molar-refractivity contribution in [2.45, 2.75) is 19.8 Å². The molecule has 0 atom stereocenters. The van der Waals surface area contributed by atoms with Crippen LogP contribution in [-0.4, -0.2) is 33.3 Å². The third-order valence-corrected chi connectivity index (χ3v) is 3.39. The minimum absolute atomic E-state index is 0.301. The van der Waals surface area contributed by atoms with Gasteiger partial charge in [0.2, 0.25) is 5.95 Å². The average Bonchev–Trinajstić information content (AvgIpc) is 2.77. The molecule has 1 fully saturated rings. The standard InChI is InChI=1S/C11H16N6/c1-7-2-4-17(5-3-7)10-8-6-13-16-9(8)14-11(12)15-10/h6-7H,2-5H2,1H3,(H3,12,13,14,15,16). The monoisotopic (exact) mass is 232 g/mol. The predicted octanol–water partition coefficient (Wildman–Crippen LogP) is 1.17. The number of nitrogens with one attached hydrogen (secondary N) is 1. The predicted molar refractivity (Wildman–Crippen MR) is 66.7 cm³/mol. The first kappa shape index (κ1) is 10.3. The summed E-state index contributed by atoms with van der Waals surface area (Å²) in [5.74, 6) is 2.01. The molecular weight excluding hydrogens is 216 g/mol. The summed E-state index contributed by atoms with van der Waals surface area (Å²) in [6, 6.07) is 0. The first-order valence-corrected chi connectivity index (χ1v) is 5.95. The molecule has 2 aromatic rings. The molecule has 1 aliphatic rings. The van der Waals surface area contributed by atoms with Crippen molar-refractivity contribution in [2.24, 2.45) is 5.92 Å². The number of piperidine rings is 1.